The Hall–Kier alpha value is -3.88. The normalized spacial score (nSPS) is 20.4. The van der Waals surface area contributed by atoms with Crippen LogP contribution in [0.1, 0.15) is 36.8 Å². The van der Waals surface area contributed by atoms with Gasteiger partial charge in [-0.2, -0.15) is 0 Å². The highest BCUT2D eigenvalue weighted by Crippen LogP contribution is 2.28. The van der Waals surface area contributed by atoms with Crippen LogP contribution in [0.4, 0.5) is 9.18 Å². The Morgan fingerprint density at radius 1 is 1.12 bits per heavy atom. The highest BCUT2D eigenvalue weighted by molar-refractivity contribution is 6.13. The van der Waals surface area contributed by atoms with Gasteiger partial charge >= 0.3 is 12.2 Å². The van der Waals surface area contributed by atoms with E-state index >= 15 is 0 Å². The van der Waals surface area contributed by atoms with Gasteiger partial charge < -0.3 is 34.5 Å². The van der Waals surface area contributed by atoms with E-state index in [1.54, 1.807) is 18.2 Å². The van der Waals surface area contributed by atoms with E-state index in [-0.39, 0.29) is 50.6 Å². The number of aliphatic carboxylic acids is 1. The third-order valence-corrected chi connectivity index (χ3v) is 6.05. The van der Waals surface area contributed by atoms with Crippen molar-refractivity contribution in [1.82, 2.24) is 10.2 Å². The molecule has 14 heteroatoms. The van der Waals surface area contributed by atoms with E-state index in [4.69, 9.17) is 14.2 Å². The number of nitrogens with one attached hydrogen (secondary N) is 1. The molecule has 1 fully saturated rings. The summed E-state index contributed by atoms with van der Waals surface area (Å²) in [5.41, 5.74) is 1.14. The van der Waals surface area contributed by atoms with Gasteiger partial charge in [0, 0.05) is 56.7 Å². The van der Waals surface area contributed by atoms with Crippen LogP contribution in [0.15, 0.2) is 30.4 Å². The summed E-state index contributed by atoms with van der Waals surface area (Å²) in [5.74, 6) is -2.23. The van der Waals surface area contributed by atoms with E-state index in [0.717, 1.165) is 22.6 Å². The number of aliphatic hydroxyl groups is 1. The number of carbonyl (C=O) groups is 5. The molecule has 2 aliphatic rings. The van der Waals surface area contributed by atoms with Crippen molar-refractivity contribution < 1.29 is 57.5 Å². The molecule has 1 aromatic carbocycles. The predicted molar refractivity (Wildman–Crippen MR) is 133 cm³/mol. The first-order valence-corrected chi connectivity index (χ1v) is 12.7. The lowest BCUT2D eigenvalue weighted by molar-refractivity contribution is -0.195. The molecule has 218 valence electrons. The van der Waals surface area contributed by atoms with Crippen LogP contribution in [0.2, 0.25) is 0 Å². The minimum absolute atomic E-state index is 0.00614. The van der Waals surface area contributed by atoms with Crippen molar-refractivity contribution in [1.29, 1.82) is 0 Å². The molecular weight excluding hydrogens is 535 g/mol. The van der Waals surface area contributed by atoms with E-state index in [9.17, 15) is 38.6 Å². The third-order valence-electron chi connectivity index (χ3n) is 6.05. The molecule has 0 aliphatic carbocycles. The number of aliphatic hydroxyl groups excluding tert-OH is 1. The number of imide groups is 1. The van der Waals surface area contributed by atoms with Crippen LogP contribution in [0, 0.1) is 0 Å². The molecule has 3 amide bonds. The smallest absolute Gasteiger partial charge is 0.479 e. The first-order valence-electron chi connectivity index (χ1n) is 12.7. The fourth-order valence-corrected chi connectivity index (χ4v) is 4.08. The highest BCUT2D eigenvalue weighted by Gasteiger charge is 2.34. The van der Waals surface area contributed by atoms with E-state index in [0.29, 0.717) is 25.0 Å². The van der Waals surface area contributed by atoms with Gasteiger partial charge in [0.1, 0.15) is 12.4 Å². The Morgan fingerprint density at radius 2 is 1.88 bits per heavy atom. The van der Waals surface area contributed by atoms with Crippen LogP contribution >= 0.6 is 0 Å². The maximum absolute atomic E-state index is 12.7. The van der Waals surface area contributed by atoms with Crippen LogP contribution in [-0.2, 0) is 46.4 Å². The number of carboxylic acid groups (broad SMARTS) is 1. The van der Waals surface area contributed by atoms with Crippen molar-refractivity contribution in [2.45, 2.75) is 57.2 Å². The summed E-state index contributed by atoms with van der Waals surface area (Å²) in [4.78, 5) is 57.8. The predicted octanol–water partition coefficient (Wildman–Crippen LogP) is 1.00. The summed E-state index contributed by atoms with van der Waals surface area (Å²) in [6.45, 7) is 0.458. The number of hydrogen-bond acceptors (Lipinski definition) is 10. The quantitative estimate of drug-likeness (QED) is 0.157. The van der Waals surface area contributed by atoms with Crippen LogP contribution in [0.5, 0.6) is 5.75 Å². The van der Waals surface area contributed by atoms with Gasteiger partial charge in [0.15, 0.2) is 6.10 Å². The summed E-state index contributed by atoms with van der Waals surface area (Å²) in [7, 11) is 0. The molecule has 3 atom stereocenters. The van der Waals surface area contributed by atoms with Gasteiger partial charge in [-0.15, -0.1) is 4.39 Å². The number of carboxylic acids is 1. The number of hydrogen-bond donors (Lipinski definition) is 3. The van der Waals surface area contributed by atoms with E-state index in [1.165, 1.54) is 0 Å². The van der Waals surface area contributed by atoms with Gasteiger partial charge in [0.05, 0.1) is 12.7 Å². The topological polar surface area (TPSA) is 178 Å². The second kappa shape index (κ2) is 15.1. The van der Waals surface area contributed by atoms with Crippen molar-refractivity contribution in [2.75, 3.05) is 26.3 Å². The number of benzene rings is 1. The molecule has 2 aliphatic heterocycles. The molecule has 3 N–H and O–H groups in total. The second-order valence-corrected chi connectivity index (χ2v) is 9.08. The Balaban J connectivity index is 1.40. The average molecular weight is 567 g/mol. The Kier molecular flexibility index (Phi) is 11.5. The maximum atomic E-state index is 12.7. The molecule has 0 bridgehead atoms. The Morgan fingerprint density at radius 3 is 2.58 bits per heavy atom. The summed E-state index contributed by atoms with van der Waals surface area (Å²) >= 11 is 0. The first kappa shape index (κ1) is 30.7. The van der Waals surface area contributed by atoms with Crippen molar-refractivity contribution >= 4 is 29.9 Å². The minimum atomic E-state index is -1.97. The molecule has 3 rings (SSSR count). The molecule has 13 nitrogen and oxygen atoms in total. The standard InChI is InChI=1S/C26H31FN2O11/c27-26(36)38-15-17-12-16(3-4-19(17)39-24-14-18(30)13-20(40-24)25(34)35)2-1-10-37-11-8-28-21(31)7-9-29-22(32)5-6-23(29)33/h3-6,12,18,20,24,30H,1-2,7-11,13-15H2,(H,28,31)(H,34,35). The number of halogens is 1. The molecule has 1 saturated heterocycles. The van der Waals surface area contributed by atoms with Crippen LogP contribution < -0.4 is 10.1 Å². The lowest BCUT2D eigenvalue weighted by atomic mass is 10.0. The summed E-state index contributed by atoms with van der Waals surface area (Å²) in [6, 6.07) is 4.94. The van der Waals surface area contributed by atoms with Gasteiger partial charge in [-0.05, 0) is 30.5 Å². The molecule has 0 saturated carbocycles. The lowest BCUT2D eigenvalue weighted by Crippen LogP contribution is -2.42. The zero-order valence-electron chi connectivity index (χ0n) is 21.6. The molecule has 0 spiro atoms. The van der Waals surface area contributed by atoms with E-state index in [1.807, 2.05) is 0 Å². The molecule has 0 aromatic heterocycles. The largest absolute Gasteiger partial charge is 0.495 e. The van der Waals surface area contributed by atoms with Crippen molar-refractivity contribution in [2.24, 2.45) is 0 Å². The number of aryl methyl sites for hydroxylation is 1. The minimum Gasteiger partial charge on any atom is -0.479 e. The SMILES string of the molecule is O=C(CCN1C(=O)C=CC1=O)NCCOCCCc1ccc(OC2CC(O)CC(C(=O)O)O2)c(COC(=O)F)c1. The fraction of sp³-hybridized carbons (Fsp3) is 0.500. The average Bonchev–Trinajstić information content (AvgIpc) is 3.22. The van der Waals surface area contributed by atoms with E-state index in [2.05, 4.69) is 10.1 Å². The molecule has 40 heavy (non-hydrogen) atoms. The summed E-state index contributed by atoms with van der Waals surface area (Å²) in [6.07, 6.45) is -1.80. The number of amides is 3. The van der Waals surface area contributed by atoms with Gasteiger partial charge in [-0.1, -0.05) is 6.07 Å². The Labute approximate surface area is 228 Å². The number of rotatable bonds is 15. The van der Waals surface area contributed by atoms with Crippen LogP contribution in [0.25, 0.3) is 0 Å². The van der Waals surface area contributed by atoms with Gasteiger partial charge in [0.2, 0.25) is 12.2 Å². The van der Waals surface area contributed by atoms with Gasteiger partial charge in [-0.3, -0.25) is 19.3 Å². The molecule has 2 heterocycles. The number of carbonyl (C=O) groups excluding carboxylic acids is 4. The van der Waals surface area contributed by atoms with Crippen LogP contribution in [0.3, 0.4) is 0 Å². The summed E-state index contributed by atoms with van der Waals surface area (Å²) < 4.78 is 33.8. The molecule has 3 unspecified atom stereocenters. The fourth-order valence-electron chi connectivity index (χ4n) is 4.08. The highest BCUT2D eigenvalue weighted by atomic mass is 19.1. The maximum Gasteiger partial charge on any atom is 0.495 e. The van der Waals surface area contributed by atoms with E-state index < -0.39 is 49.1 Å². The first-order chi connectivity index (χ1) is 19.1. The molecule has 0 radical (unpaired) electrons. The second-order valence-electron chi connectivity index (χ2n) is 9.08. The zero-order chi connectivity index (χ0) is 29.1. The zero-order valence-corrected chi connectivity index (χ0v) is 21.6. The van der Waals surface area contributed by atoms with Crippen LogP contribution in [-0.4, -0.2) is 89.8 Å². The van der Waals surface area contributed by atoms with Crippen molar-refractivity contribution in [3.05, 3.63) is 41.5 Å². The third kappa shape index (κ3) is 9.70. The monoisotopic (exact) mass is 566 g/mol. The number of nitrogens with zero attached hydrogens (tertiary/aromatic N) is 1. The molecular formula is C26H31FN2O11. The van der Waals surface area contributed by atoms with Gasteiger partial charge in [-0.25, -0.2) is 9.59 Å². The Bertz CT molecular complexity index is 1110. The summed E-state index contributed by atoms with van der Waals surface area (Å²) in [5, 5.41) is 21.8. The van der Waals surface area contributed by atoms with Crippen molar-refractivity contribution in [3.8, 4) is 5.75 Å². The lowest BCUT2D eigenvalue weighted by Gasteiger charge is -2.31. The number of ether oxygens (including phenoxy) is 4. The van der Waals surface area contributed by atoms with Crippen molar-refractivity contribution in [3.63, 3.8) is 0 Å². The molecule has 1 aromatic rings. The van der Waals surface area contributed by atoms with Gasteiger partial charge in [0.25, 0.3) is 11.8 Å².